The smallest absolute Gasteiger partial charge is 0.325 e. The molecule has 1 heterocycles. The Kier molecular flexibility index (Phi) is 5.40. The predicted octanol–water partition coefficient (Wildman–Crippen LogP) is 5.83. The number of rotatable bonds is 5. The normalized spacial score (nSPS) is 10.4. The van der Waals surface area contributed by atoms with Gasteiger partial charge in [0.25, 0.3) is 0 Å². The van der Waals surface area contributed by atoms with Gasteiger partial charge in [-0.05, 0) is 58.8 Å². The van der Waals surface area contributed by atoms with Crippen LogP contribution in [0, 0.1) is 0 Å². The second-order valence-electron chi connectivity index (χ2n) is 5.99. The summed E-state index contributed by atoms with van der Waals surface area (Å²) in [5.41, 5.74) is 1.82. The molecule has 4 rings (SSSR count). The van der Waals surface area contributed by atoms with E-state index < -0.39 is 6.03 Å². The van der Waals surface area contributed by atoms with Crippen molar-refractivity contribution in [2.24, 2.45) is 0 Å². The van der Waals surface area contributed by atoms with E-state index in [-0.39, 0.29) is 5.82 Å². The van der Waals surface area contributed by atoms with Crippen LogP contribution in [0.25, 0.3) is 11.3 Å². The highest BCUT2D eigenvalue weighted by Gasteiger charge is 2.15. The molecule has 0 fully saturated rings. The number of anilines is 2. The van der Waals surface area contributed by atoms with Crippen LogP contribution in [0.2, 0.25) is 5.02 Å². The lowest BCUT2D eigenvalue weighted by molar-refractivity contribution is 0.261. The molecule has 0 unspecified atom stereocenters. The van der Waals surface area contributed by atoms with E-state index in [2.05, 4.69) is 20.9 Å². The molecule has 0 saturated carbocycles. The van der Waals surface area contributed by atoms with Gasteiger partial charge in [0.1, 0.15) is 11.5 Å². The number of urea groups is 1. The molecule has 1 aromatic heterocycles. The van der Waals surface area contributed by atoms with Crippen molar-refractivity contribution in [3.8, 4) is 22.8 Å². The van der Waals surface area contributed by atoms with Crippen LogP contribution in [0.5, 0.6) is 11.5 Å². The van der Waals surface area contributed by atoms with E-state index in [4.69, 9.17) is 21.0 Å². The van der Waals surface area contributed by atoms with Gasteiger partial charge in [0.05, 0.1) is 0 Å². The molecular formula is C21H15ClN4O3. The molecule has 29 heavy (non-hydrogen) atoms. The Morgan fingerprint density at radius 3 is 2.17 bits per heavy atom. The van der Waals surface area contributed by atoms with Gasteiger partial charge in [-0.25, -0.2) is 9.42 Å². The molecule has 144 valence electrons. The minimum absolute atomic E-state index is 0.233. The zero-order valence-corrected chi connectivity index (χ0v) is 15.8. The summed E-state index contributed by atoms with van der Waals surface area (Å²) < 4.78 is 10.5. The van der Waals surface area contributed by atoms with Gasteiger partial charge in [-0.15, -0.1) is 0 Å². The maximum absolute atomic E-state index is 12.3. The first-order valence-corrected chi connectivity index (χ1v) is 9.05. The average molecular weight is 407 g/mol. The van der Waals surface area contributed by atoms with E-state index >= 15 is 0 Å². The Morgan fingerprint density at radius 1 is 0.828 bits per heavy atom. The summed E-state index contributed by atoms with van der Waals surface area (Å²) in [4.78, 5) is 12.3. The second kappa shape index (κ2) is 8.45. The van der Waals surface area contributed by atoms with Crippen LogP contribution in [0.1, 0.15) is 0 Å². The summed E-state index contributed by atoms with van der Waals surface area (Å²) in [5, 5.41) is 13.6. The number of halogens is 1. The van der Waals surface area contributed by atoms with Gasteiger partial charge in [-0.1, -0.05) is 41.9 Å². The minimum atomic E-state index is -0.468. The fraction of sp³-hybridized carbons (Fsp3) is 0. The average Bonchev–Trinajstić information content (AvgIpc) is 3.20. The molecule has 0 spiro atoms. The molecule has 2 N–H and O–H groups in total. The van der Waals surface area contributed by atoms with E-state index in [9.17, 15) is 4.79 Å². The van der Waals surface area contributed by atoms with Crippen molar-refractivity contribution >= 4 is 29.1 Å². The summed E-state index contributed by atoms with van der Waals surface area (Å²) in [6, 6.07) is 22.8. The van der Waals surface area contributed by atoms with Crippen molar-refractivity contribution < 1.29 is 14.2 Å². The van der Waals surface area contributed by atoms with E-state index in [1.54, 1.807) is 48.5 Å². The molecule has 2 amide bonds. The molecule has 0 bridgehead atoms. The number of carbonyl (C=O) groups is 1. The quantitative estimate of drug-likeness (QED) is 0.435. The third-order valence-electron chi connectivity index (χ3n) is 3.93. The van der Waals surface area contributed by atoms with E-state index in [0.717, 1.165) is 5.56 Å². The highest BCUT2D eigenvalue weighted by atomic mass is 35.5. The van der Waals surface area contributed by atoms with Crippen molar-refractivity contribution in [1.29, 1.82) is 0 Å². The number of carbonyl (C=O) groups excluding carboxylic acids is 1. The predicted molar refractivity (Wildman–Crippen MR) is 110 cm³/mol. The third kappa shape index (κ3) is 4.72. The Balaban J connectivity index is 1.38. The van der Waals surface area contributed by atoms with Gasteiger partial charge in [-0.2, -0.15) is 0 Å². The van der Waals surface area contributed by atoms with Crippen molar-refractivity contribution in [1.82, 2.24) is 10.3 Å². The molecule has 8 heteroatoms. The Morgan fingerprint density at radius 2 is 1.48 bits per heavy atom. The standard InChI is InChI=1S/C21H15ClN4O3/c22-15-6-10-17(11-7-15)28-18-12-8-16(9-13-18)23-21(27)24-20-19(25-29-26-20)14-4-2-1-3-5-14/h1-13H,(H2,23,24,26,27). The van der Waals surface area contributed by atoms with Crippen molar-refractivity contribution in [2.75, 3.05) is 10.6 Å². The number of nitrogens with zero attached hydrogens (tertiary/aromatic N) is 2. The molecule has 0 radical (unpaired) electrons. The zero-order valence-electron chi connectivity index (χ0n) is 15.0. The third-order valence-corrected chi connectivity index (χ3v) is 4.18. The molecule has 0 aliphatic carbocycles. The van der Waals surface area contributed by atoms with Crippen molar-refractivity contribution in [2.45, 2.75) is 0 Å². The number of hydrogen-bond acceptors (Lipinski definition) is 5. The molecular weight excluding hydrogens is 392 g/mol. The number of ether oxygens (including phenoxy) is 1. The highest BCUT2D eigenvalue weighted by molar-refractivity contribution is 6.30. The summed E-state index contributed by atoms with van der Waals surface area (Å²) >= 11 is 5.86. The van der Waals surface area contributed by atoms with Crippen molar-refractivity contribution in [3.05, 3.63) is 83.9 Å². The summed E-state index contributed by atoms with van der Waals surface area (Å²) in [5.74, 6) is 1.53. The highest BCUT2D eigenvalue weighted by Crippen LogP contribution is 2.26. The number of aromatic nitrogens is 2. The summed E-state index contributed by atoms with van der Waals surface area (Å²) in [6.07, 6.45) is 0. The van der Waals surface area contributed by atoms with Crippen LogP contribution in [0.15, 0.2) is 83.5 Å². The van der Waals surface area contributed by atoms with E-state index in [1.807, 2.05) is 30.3 Å². The fourth-order valence-electron chi connectivity index (χ4n) is 2.57. The van der Waals surface area contributed by atoms with Crippen LogP contribution >= 0.6 is 11.6 Å². The number of amides is 2. The van der Waals surface area contributed by atoms with Crippen molar-refractivity contribution in [3.63, 3.8) is 0 Å². The molecule has 4 aromatic rings. The maximum atomic E-state index is 12.3. The fourth-order valence-corrected chi connectivity index (χ4v) is 2.70. The Bertz CT molecular complexity index is 1100. The number of hydrogen-bond donors (Lipinski definition) is 2. The molecule has 0 saturated heterocycles. The second-order valence-corrected chi connectivity index (χ2v) is 6.42. The van der Waals surface area contributed by atoms with E-state index in [1.165, 1.54) is 0 Å². The van der Waals surface area contributed by atoms with Crippen LogP contribution in [-0.2, 0) is 0 Å². The van der Waals surface area contributed by atoms with E-state index in [0.29, 0.717) is 27.9 Å². The monoisotopic (exact) mass is 406 g/mol. The Labute approximate surface area is 171 Å². The van der Waals surface area contributed by atoms with Gasteiger partial charge in [0.2, 0.25) is 5.82 Å². The maximum Gasteiger partial charge on any atom is 0.325 e. The molecule has 3 aromatic carbocycles. The molecule has 7 nitrogen and oxygen atoms in total. The van der Waals surface area contributed by atoms with Crippen LogP contribution < -0.4 is 15.4 Å². The van der Waals surface area contributed by atoms with Crippen LogP contribution in [-0.4, -0.2) is 16.3 Å². The van der Waals surface area contributed by atoms with Gasteiger partial charge in [0.15, 0.2) is 5.69 Å². The first-order chi connectivity index (χ1) is 14.2. The summed E-state index contributed by atoms with van der Waals surface area (Å²) in [7, 11) is 0. The summed E-state index contributed by atoms with van der Waals surface area (Å²) in [6.45, 7) is 0. The molecule has 0 aliphatic rings. The van der Waals surface area contributed by atoms with Gasteiger partial charge >= 0.3 is 6.03 Å². The first-order valence-electron chi connectivity index (χ1n) is 8.67. The molecule has 0 atom stereocenters. The zero-order chi connectivity index (χ0) is 20.1. The largest absolute Gasteiger partial charge is 0.457 e. The van der Waals surface area contributed by atoms with Gasteiger partial charge in [0, 0.05) is 16.3 Å². The van der Waals surface area contributed by atoms with Gasteiger partial charge in [-0.3, -0.25) is 5.32 Å². The Hall–Kier alpha value is -3.84. The SMILES string of the molecule is O=C(Nc1ccc(Oc2ccc(Cl)cc2)cc1)Nc1nonc1-c1ccccc1. The topological polar surface area (TPSA) is 89.3 Å². The number of benzene rings is 3. The molecule has 0 aliphatic heterocycles. The van der Waals surface area contributed by atoms with Crippen LogP contribution in [0.4, 0.5) is 16.3 Å². The minimum Gasteiger partial charge on any atom is -0.457 e. The van der Waals surface area contributed by atoms with Gasteiger partial charge < -0.3 is 10.1 Å². The number of nitrogens with one attached hydrogen (secondary N) is 2. The lowest BCUT2D eigenvalue weighted by atomic mass is 10.1. The van der Waals surface area contributed by atoms with Crippen LogP contribution in [0.3, 0.4) is 0 Å². The first kappa shape index (κ1) is 18.5. The lowest BCUT2D eigenvalue weighted by Gasteiger charge is -2.08. The lowest BCUT2D eigenvalue weighted by Crippen LogP contribution is -2.20.